The van der Waals surface area contributed by atoms with E-state index in [4.69, 9.17) is 0 Å². The fraction of sp³-hybridized carbons (Fsp3) is 0.286. The minimum Gasteiger partial charge on any atom is -0.481 e. The van der Waals surface area contributed by atoms with Crippen LogP contribution in [0.5, 0.6) is 0 Å². The fourth-order valence-corrected chi connectivity index (χ4v) is 2.26. The summed E-state index contributed by atoms with van der Waals surface area (Å²) in [4.78, 5) is 36.0. The average molecular weight is 321 g/mol. The van der Waals surface area contributed by atoms with Crippen molar-refractivity contribution in [1.29, 1.82) is 0 Å². The SMILES string of the molecule is CCC(C(=O)O)c1nn(NC(=O)CS)c(=O)c2ccccc12. The number of aromatic nitrogens is 2. The largest absolute Gasteiger partial charge is 0.481 e. The van der Waals surface area contributed by atoms with Crippen molar-refractivity contribution in [3.05, 3.63) is 40.3 Å². The number of carboxylic acids is 1. The molecule has 0 spiro atoms. The molecule has 22 heavy (non-hydrogen) atoms. The maximum Gasteiger partial charge on any atom is 0.312 e. The number of amides is 1. The fourth-order valence-electron chi connectivity index (χ4n) is 2.19. The van der Waals surface area contributed by atoms with Gasteiger partial charge in [-0.1, -0.05) is 25.1 Å². The van der Waals surface area contributed by atoms with Crippen LogP contribution in [-0.4, -0.2) is 32.6 Å². The van der Waals surface area contributed by atoms with E-state index in [9.17, 15) is 19.5 Å². The Labute approximate surface area is 131 Å². The first kappa shape index (κ1) is 16.0. The molecular formula is C14H15N3O4S. The highest BCUT2D eigenvalue weighted by Gasteiger charge is 2.24. The van der Waals surface area contributed by atoms with Crippen molar-refractivity contribution in [3.63, 3.8) is 0 Å². The lowest BCUT2D eigenvalue weighted by Crippen LogP contribution is -2.37. The summed E-state index contributed by atoms with van der Waals surface area (Å²) in [5.74, 6) is -2.54. The van der Waals surface area contributed by atoms with E-state index in [1.165, 1.54) is 0 Å². The summed E-state index contributed by atoms with van der Waals surface area (Å²) in [7, 11) is 0. The molecule has 2 aromatic rings. The van der Waals surface area contributed by atoms with E-state index in [2.05, 4.69) is 23.2 Å². The van der Waals surface area contributed by atoms with Crippen molar-refractivity contribution in [3.8, 4) is 0 Å². The van der Waals surface area contributed by atoms with E-state index < -0.39 is 23.4 Å². The van der Waals surface area contributed by atoms with Crippen LogP contribution >= 0.6 is 12.6 Å². The van der Waals surface area contributed by atoms with Crippen LogP contribution in [0.15, 0.2) is 29.1 Å². The van der Waals surface area contributed by atoms with Gasteiger partial charge in [-0.2, -0.15) is 17.7 Å². The minimum atomic E-state index is -1.04. The van der Waals surface area contributed by atoms with Crippen molar-refractivity contribution in [1.82, 2.24) is 9.89 Å². The predicted octanol–water partition coefficient (Wildman–Crippen LogP) is 0.975. The van der Waals surface area contributed by atoms with Gasteiger partial charge in [0.1, 0.15) is 5.92 Å². The quantitative estimate of drug-likeness (QED) is 0.713. The summed E-state index contributed by atoms with van der Waals surface area (Å²) in [6, 6.07) is 6.59. The highest BCUT2D eigenvalue weighted by atomic mass is 32.1. The van der Waals surface area contributed by atoms with Gasteiger partial charge in [-0.15, -0.1) is 4.79 Å². The van der Waals surface area contributed by atoms with E-state index >= 15 is 0 Å². The summed E-state index contributed by atoms with van der Waals surface area (Å²) in [5, 5.41) is 14.2. The summed E-state index contributed by atoms with van der Waals surface area (Å²) in [5.41, 5.74) is 2.02. The van der Waals surface area contributed by atoms with Crippen molar-refractivity contribution in [2.75, 3.05) is 11.2 Å². The normalized spacial score (nSPS) is 12.1. The molecule has 0 fully saturated rings. The summed E-state index contributed by atoms with van der Waals surface area (Å²) in [6.07, 6.45) is 0.311. The molecule has 2 rings (SSSR count). The van der Waals surface area contributed by atoms with Gasteiger partial charge >= 0.3 is 5.97 Å². The van der Waals surface area contributed by atoms with Gasteiger partial charge in [0.15, 0.2) is 0 Å². The third kappa shape index (κ3) is 2.96. The number of rotatable bonds is 5. The van der Waals surface area contributed by atoms with E-state index in [-0.39, 0.29) is 11.4 Å². The monoisotopic (exact) mass is 321 g/mol. The molecule has 116 valence electrons. The van der Waals surface area contributed by atoms with Gasteiger partial charge in [0.05, 0.1) is 16.8 Å². The molecule has 1 atom stereocenters. The first-order valence-corrected chi connectivity index (χ1v) is 7.28. The zero-order chi connectivity index (χ0) is 16.3. The van der Waals surface area contributed by atoms with Gasteiger partial charge in [0.25, 0.3) is 5.56 Å². The van der Waals surface area contributed by atoms with Crippen molar-refractivity contribution in [2.24, 2.45) is 0 Å². The summed E-state index contributed by atoms with van der Waals surface area (Å²) >= 11 is 3.82. The number of fused-ring (bicyclic) bond motifs is 1. The lowest BCUT2D eigenvalue weighted by atomic mass is 9.98. The molecule has 2 N–H and O–H groups in total. The molecule has 0 aliphatic carbocycles. The zero-order valence-electron chi connectivity index (χ0n) is 11.8. The summed E-state index contributed by atoms with van der Waals surface area (Å²) < 4.78 is 0. The van der Waals surface area contributed by atoms with Gasteiger partial charge in [0.2, 0.25) is 5.91 Å². The highest BCUT2D eigenvalue weighted by Crippen LogP contribution is 2.24. The van der Waals surface area contributed by atoms with E-state index in [1.807, 2.05) is 0 Å². The van der Waals surface area contributed by atoms with Crippen LogP contribution in [0.4, 0.5) is 0 Å². The number of carbonyl (C=O) groups is 2. The average Bonchev–Trinajstić information content (AvgIpc) is 2.51. The molecule has 0 aliphatic heterocycles. The number of benzene rings is 1. The predicted molar refractivity (Wildman–Crippen MR) is 84.9 cm³/mol. The number of thiol groups is 1. The highest BCUT2D eigenvalue weighted by molar-refractivity contribution is 7.81. The molecular weight excluding hydrogens is 306 g/mol. The second kappa shape index (κ2) is 6.61. The molecule has 1 unspecified atom stereocenters. The molecule has 1 heterocycles. The Hall–Kier alpha value is -2.35. The molecule has 0 saturated carbocycles. The number of carbonyl (C=O) groups excluding carboxylic acids is 1. The molecule has 8 heteroatoms. The van der Waals surface area contributed by atoms with Gasteiger partial charge in [-0.05, 0) is 12.5 Å². The van der Waals surface area contributed by atoms with Crippen LogP contribution < -0.4 is 11.0 Å². The molecule has 1 aromatic carbocycles. The minimum absolute atomic E-state index is 0.119. The molecule has 0 saturated heterocycles. The summed E-state index contributed by atoms with van der Waals surface area (Å²) in [6.45, 7) is 1.72. The number of hydrogen-bond acceptors (Lipinski definition) is 5. The first-order valence-electron chi connectivity index (χ1n) is 6.65. The number of nitrogens with zero attached hydrogens (tertiary/aromatic N) is 2. The Morgan fingerprint density at radius 3 is 2.55 bits per heavy atom. The van der Waals surface area contributed by atoms with Crippen molar-refractivity contribution >= 4 is 35.3 Å². The van der Waals surface area contributed by atoms with E-state index in [0.29, 0.717) is 17.2 Å². The zero-order valence-corrected chi connectivity index (χ0v) is 12.7. The van der Waals surface area contributed by atoms with Crippen molar-refractivity contribution < 1.29 is 14.7 Å². The van der Waals surface area contributed by atoms with Crippen LogP contribution in [0.25, 0.3) is 10.8 Å². The first-order chi connectivity index (χ1) is 10.5. The third-order valence-corrected chi connectivity index (χ3v) is 3.53. The number of carboxylic acid groups (broad SMARTS) is 1. The van der Waals surface area contributed by atoms with Gasteiger partial charge in [-0.25, -0.2) is 5.43 Å². The van der Waals surface area contributed by atoms with Crippen LogP contribution in [0.1, 0.15) is 25.0 Å². The van der Waals surface area contributed by atoms with Crippen LogP contribution in [-0.2, 0) is 9.59 Å². The number of nitrogens with one attached hydrogen (secondary N) is 1. The standard InChI is InChI=1S/C14H15N3O4S/c1-2-8(14(20)21)12-9-5-3-4-6-10(9)13(19)17(16-12)15-11(18)7-22/h3-6,8,22H,2,7H2,1H3,(H,15,18)(H,20,21). The number of aliphatic carboxylic acids is 1. The van der Waals surface area contributed by atoms with E-state index in [1.54, 1.807) is 31.2 Å². The van der Waals surface area contributed by atoms with E-state index in [0.717, 1.165) is 4.79 Å². The lowest BCUT2D eigenvalue weighted by molar-refractivity contribution is -0.138. The topological polar surface area (TPSA) is 101 Å². The Bertz CT molecular complexity index is 787. The second-order valence-electron chi connectivity index (χ2n) is 4.64. The lowest BCUT2D eigenvalue weighted by Gasteiger charge is -2.15. The maximum atomic E-state index is 12.3. The Kier molecular flexibility index (Phi) is 4.81. The van der Waals surface area contributed by atoms with Crippen LogP contribution in [0.2, 0.25) is 0 Å². The molecule has 0 bridgehead atoms. The molecule has 7 nitrogen and oxygen atoms in total. The number of hydrogen-bond donors (Lipinski definition) is 3. The second-order valence-corrected chi connectivity index (χ2v) is 4.96. The Balaban J connectivity index is 2.73. The maximum absolute atomic E-state index is 12.3. The van der Waals surface area contributed by atoms with Crippen molar-refractivity contribution in [2.45, 2.75) is 19.3 Å². The molecule has 1 aromatic heterocycles. The Morgan fingerprint density at radius 2 is 2.00 bits per heavy atom. The molecule has 1 amide bonds. The van der Waals surface area contributed by atoms with Gasteiger partial charge in [0, 0.05) is 5.39 Å². The third-order valence-electron chi connectivity index (χ3n) is 3.24. The van der Waals surface area contributed by atoms with Crippen LogP contribution in [0.3, 0.4) is 0 Å². The molecule has 0 radical (unpaired) electrons. The van der Waals surface area contributed by atoms with Crippen LogP contribution in [0, 0.1) is 0 Å². The molecule has 0 aliphatic rings. The van der Waals surface area contributed by atoms with Gasteiger partial charge in [-0.3, -0.25) is 14.4 Å². The smallest absolute Gasteiger partial charge is 0.312 e. The van der Waals surface area contributed by atoms with Gasteiger partial charge < -0.3 is 5.11 Å². The Morgan fingerprint density at radius 1 is 1.36 bits per heavy atom.